The van der Waals surface area contributed by atoms with Crippen LogP contribution in [0.15, 0.2) is 27.4 Å². The molecule has 0 fully saturated rings. The normalized spacial score (nSPS) is 14.6. The molecule has 1 aromatic carbocycles. The number of rotatable bonds is 4. The number of nitrogens with one attached hydrogen (secondary N) is 2. The third-order valence-corrected chi connectivity index (χ3v) is 2.76. The summed E-state index contributed by atoms with van der Waals surface area (Å²) >= 11 is 0. The van der Waals surface area contributed by atoms with Crippen LogP contribution < -0.4 is 16.8 Å². The van der Waals surface area contributed by atoms with Crippen LogP contribution in [0.25, 0.3) is 11.1 Å². The average molecular weight is 251 g/mol. The summed E-state index contributed by atoms with van der Waals surface area (Å²) in [5.74, 6) is -1.66. The smallest absolute Gasteiger partial charge is 0.417 e. The summed E-state index contributed by atoms with van der Waals surface area (Å²) in [4.78, 5) is 24.4. The van der Waals surface area contributed by atoms with Crippen LogP contribution in [0.4, 0.5) is 0 Å². The van der Waals surface area contributed by atoms with Gasteiger partial charge in [-0.25, -0.2) is 4.79 Å². The number of hydrogen-bond acceptors (Lipinski definition) is 5. The SMILES string of the molecule is CNC(c1ccc2[nH]c(=O)oc2c1)C(N)C(=O)O. The second kappa shape index (κ2) is 4.63. The molecular formula is C11H13N3O4. The van der Waals surface area contributed by atoms with E-state index < -0.39 is 23.8 Å². The molecular weight excluding hydrogens is 238 g/mol. The number of hydrogen-bond donors (Lipinski definition) is 4. The van der Waals surface area contributed by atoms with Gasteiger partial charge in [0, 0.05) is 0 Å². The molecule has 1 heterocycles. The fourth-order valence-corrected chi connectivity index (χ4v) is 1.85. The van der Waals surface area contributed by atoms with Gasteiger partial charge in [0.25, 0.3) is 0 Å². The first kappa shape index (κ1) is 12.3. The monoisotopic (exact) mass is 251 g/mol. The van der Waals surface area contributed by atoms with Crippen molar-refractivity contribution >= 4 is 17.1 Å². The van der Waals surface area contributed by atoms with Crippen molar-refractivity contribution in [1.29, 1.82) is 0 Å². The minimum Gasteiger partial charge on any atom is -0.480 e. The van der Waals surface area contributed by atoms with Crippen LogP contribution >= 0.6 is 0 Å². The summed E-state index contributed by atoms with van der Waals surface area (Å²) in [6.07, 6.45) is 0. The lowest BCUT2D eigenvalue weighted by atomic mass is 10.00. The first-order chi connectivity index (χ1) is 8.52. The maximum atomic E-state index is 11.0. The Hall–Kier alpha value is -2.12. The van der Waals surface area contributed by atoms with Gasteiger partial charge in [0.2, 0.25) is 0 Å². The van der Waals surface area contributed by atoms with E-state index in [1.807, 2.05) is 0 Å². The molecule has 0 amide bonds. The van der Waals surface area contributed by atoms with Crippen molar-refractivity contribution in [3.05, 3.63) is 34.3 Å². The van der Waals surface area contributed by atoms with Crippen LogP contribution in [0.3, 0.4) is 0 Å². The second-order valence-electron chi connectivity index (χ2n) is 3.90. The fraction of sp³-hybridized carbons (Fsp3) is 0.273. The van der Waals surface area contributed by atoms with Gasteiger partial charge in [-0.2, -0.15) is 0 Å². The Bertz CT molecular complexity index is 630. The Morgan fingerprint density at radius 2 is 2.28 bits per heavy atom. The van der Waals surface area contributed by atoms with Crippen molar-refractivity contribution in [2.75, 3.05) is 7.05 Å². The molecule has 0 spiro atoms. The van der Waals surface area contributed by atoms with E-state index in [0.717, 1.165) is 0 Å². The molecule has 2 aromatic rings. The van der Waals surface area contributed by atoms with E-state index in [9.17, 15) is 9.59 Å². The fourth-order valence-electron chi connectivity index (χ4n) is 1.85. The lowest BCUT2D eigenvalue weighted by Gasteiger charge is -2.20. The van der Waals surface area contributed by atoms with Crippen LogP contribution in [-0.2, 0) is 4.79 Å². The van der Waals surface area contributed by atoms with Crippen LogP contribution in [-0.4, -0.2) is 29.1 Å². The van der Waals surface area contributed by atoms with Gasteiger partial charge < -0.3 is 20.6 Å². The van der Waals surface area contributed by atoms with Crippen molar-refractivity contribution < 1.29 is 14.3 Å². The Morgan fingerprint density at radius 1 is 1.56 bits per heavy atom. The third kappa shape index (κ3) is 2.13. The lowest BCUT2D eigenvalue weighted by Crippen LogP contribution is -2.42. The minimum atomic E-state index is -1.11. The molecule has 0 radical (unpaired) electrons. The van der Waals surface area contributed by atoms with Gasteiger partial charge in [-0.3, -0.25) is 9.78 Å². The predicted octanol–water partition coefficient (Wildman–Crippen LogP) is -0.206. The maximum Gasteiger partial charge on any atom is 0.417 e. The number of carboxylic acid groups (broad SMARTS) is 1. The highest BCUT2D eigenvalue weighted by Gasteiger charge is 2.24. The highest BCUT2D eigenvalue weighted by molar-refractivity contribution is 5.76. The summed E-state index contributed by atoms with van der Waals surface area (Å²) in [7, 11) is 1.62. The van der Waals surface area contributed by atoms with Crippen molar-refractivity contribution in [2.45, 2.75) is 12.1 Å². The van der Waals surface area contributed by atoms with Crippen molar-refractivity contribution in [3.63, 3.8) is 0 Å². The summed E-state index contributed by atoms with van der Waals surface area (Å²) in [6.45, 7) is 0. The van der Waals surface area contributed by atoms with Crippen molar-refractivity contribution in [1.82, 2.24) is 10.3 Å². The molecule has 0 saturated carbocycles. The Balaban J connectivity index is 2.44. The minimum absolute atomic E-state index is 0.371. The van der Waals surface area contributed by atoms with E-state index in [1.165, 1.54) is 0 Å². The summed E-state index contributed by atoms with van der Waals surface area (Å²) < 4.78 is 4.92. The number of carboxylic acids is 1. The number of benzene rings is 1. The molecule has 0 aliphatic carbocycles. The Kier molecular flexibility index (Phi) is 3.17. The quantitative estimate of drug-likeness (QED) is 0.596. The molecule has 0 aliphatic heterocycles. The van der Waals surface area contributed by atoms with Gasteiger partial charge in [-0.1, -0.05) is 6.07 Å². The van der Waals surface area contributed by atoms with Gasteiger partial charge in [-0.15, -0.1) is 0 Å². The van der Waals surface area contributed by atoms with Crippen LogP contribution in [0.1, 0.15) is 11.6 Å². The first-order valence-electron chi connectivity index (χ1n) is 5.31. The topological polar surface area (TPSA) is 121 Å². The van der Waals surface area contributed by atoms with Gasteiger partial charge >= 0.3 is 11.7 Å². The molecule has 0 saturated heterocycles. The highest BCUT2D eigenvalue weighted by Crippen LogP contribution is 2.20. The molecule has 0 aliphatic rings. The number of aromatic amines is 1. The van der Waals surface area contributed by atoms with Crippen molar-refractivity contribution in [2.24, 2.45) is 5.73 Å². The largest absolute Gasteiger partial charge is 0.480 e. The number of nitrogens with two attached hydrogens (primary N) is 1. The molecule has 7 heteroatoms. The van der Waals surface area contributed by atoms with Crippen molar-refractivity contribution in [3.8, 4) is 0 Å². The number of carbonyl (C=O) groups is 1. The van der Waals surface area contributed by atoms with E-state index >= 15 is 0 Å². The van der Waals surface area contributed by atoms with E-state index in [4.69, 9.17) is 15.3 Å². The summed E-state index contributed by atoms with van der Waals surface area (Å²) in [5.41, 5.74) is 7.16. The molecule has 5 N–H and O–H groups in total. The Labute approximate surface area is 102 Å². The molecule has 0 bridgehead atoms. The summed E-state index contributed by atoms with van der Waals surface area (Å²) in [5, 5.41) is 11.8. The molecule has 1 aromatic heterocycles. The Morgan fingerprint density at radius 3 is 2.89 bits per heavy atom. The highest BCUT2D eigenvalue weighted by atomic mass is 16.4. The number of oxazole rings is 1. The molecule has 7 nitrogen and oxygen atoms in total. The zero-order valence-electron chi connectivity index (χ0n) is 9.64. The van der Waals surface area contributed by atoms with Gasteiger partial charge in [-0.05, 0) is 24.7 Å². The molecule has 2 atom stereocenters. The molecule has 18 heavy (non-hydrogen) atoms. The zero-order chi connectivity index (χ0) is 13.3. The molecule has 2 unspecified atom stereocenters. The van der Waals surface area contributed by atoms with E-state index in [2.05, 4.69) is 10.3 Å². The van der Waals surface area contributed by atoms with Gasteiger partial charge in [0.05, 0.1) is 11.6 Å². The number of aromatic nitrogens is 1. The predicted molar refractivity (Wildman–Crippen MR) is 64.2 cm³/mol. The second-order valence-corrected chi connectivity index (χ2v) is 3.90. The lowest BCUT2D eigenvalue weighted by molar-refractivity contribution is -0.139. The summed E-state index contributed by atoms with van der Waals surface area (Å²) in [6, 6.07) is 3.29. The van der Waals surface area contributed by atoms with Crippen LogP contribution in [0.5, 0.6) is 0 Å². The van der Waals surface area contributed by atoms with E-state index in [1.54, 1.807) is 25.2 Å². The zero-order valence-corrected chi connectivity index (χ0v) is 9.64. The average Bonchev–Trinajstić information content (AvgIpc) is 2.69. The van der Waals surface area contributed by atoms with Crippen LogP contribution in [0, 0.1) is 0 Å². The van der Waals surface area contributed by atoms with Gasteiger partial charge in [0.15, 0.2) is 5.58 Å². The molecule has 2 rings (SSSR count). The van der Waals surface area contributed by atoms with Crippen LogP contribution in [0.2, 0.25) is 0 Å². The van der Waals surface area contributed by atoms with Gasteiger partial charge in [0.1, 0.15) is 6.04 Å². The molecule has 96 valence electrons. The number of fused-ring (bicyclic) bond motifs is 1. The van der Waals surface area contributed by atoms with E-state index in [0.29, 0.717) is 16.7 Å². The standard InChI is InChI=1S/C11H13N3O4/c1-13-9(8(12)10(15)16)5-2-3-6-7(4-5)18-11(17)14-6/h2-4,8-9,13H,12H2,1H3,(H,14,17)(H,15,16). The van der Waals surface area contributed by atoms with E-state index in [-0.39, 0.29) is 0 Å². The number of H-pyrrole nitrogens is 1. The number of aliphatic carboxylic acids is 1. The maximum absolute atomic E-state index is 11.0. The first-order valence-corrected chi connectivity index (χ1v) is 5.31. The third-order valence-electron chi connectivity index (χ3n) is 2.76. The number of likely N-dealkylation sites (N-methyl/N-ethyl adjacent to an activating group) is 1.